The molecule has 94 valence electrons. The van der Waals surface area contributed by atoms with Crippen molar-refractivity contribution < 1.29 is 4.79 Å². The molecule has 0 atom stereocenters. The molecular formula is C14H22N2O. The van der Waals surface area contributed by atoms with Gasteiger partial charge in [0.1, 0.15) is 0 Å². The summed E-state index contributed by atoms with van der Waals surface area (Å²) in [5, 5.41) is 3.01. The maximum Gasteiger partial charge on any atom is 0.251 e. The zero-order valence-electron chi connectivity index (χ0n) is 11.1. The van der Waals surface area contributed by atoms with E-state index in [2.05, 4.69) is 5.32 Å². The van der Waals surface area contributed by atoms with Gasteiger partial charge in [-0.1, -0.05) is 17.7 Å². The van der Waals surface area contributed by atoms with Gasteiger partial charge in [0.25, 0.3) is 5.91 Å². The van der Waals surface area contributed by atoms with Crippen LogP contribution in [-0.4, -0.2) is 18.0 Å². The van der Waals surface area contributed by atoms with Crippen molar-refractivity contribution >= 4 is 5.91 Å². The second-order valence-electron chi connectivity index (χ2n) is 5.20. The molecule has 0 aliphatic carbocycles. The van der Waals surface area contributed by atoms with Crippen LogP contribution in [0.3, 0.4) is 0 Å². The van der Waals surface area contributed by atoms with Crippen LogP contribution in [0.2, 0.25) is 0 Å². The topological polar surface area (TPSA) is 55.1 Å². The summed E-state index contributed by atoms with van der Waals surface area (Å²) in [4.78, 5) is 12.1. The predicted molar refractivity (Wildman–Crippen MR) is 71.1 cm³/mol. The van der Waals surface area contributed by atoms with Crippen molar-refractivity contribution in [3.63, 3.8) is 0 Å². The van der Waals surface area contributed by atoms with Crippen LogP contribution < -0.4 is 11.1 Å². The quantitative estimate of drug-likeness (QED) is 0.838. The van der Waals surface area contributed by atoms with Crippen LogP contribution in [0, 0.1) is 13.8 Å². The highest BCUT2D eigenvalue weighted by Gasteiger charge is 2.20. The number of carbonyl (C=O) groups excluding carboxylic acids is 1. The van der Waals surface area contributed by atoms with Crippen LogP contribution in [-0.2, 0) is 0 Å². The van der Waals surface area contributed by atoms with Crippen molar-refractivity contribution in [1.82, 2.24) is 5.32 Å². The minimum atomic E-state index is -0.261. The number of hydrogen-bond donors (Lipinski definition) is 2. The van der Waals surface area contributed by atoms with Crippen LogP contribution >= 0.6 is 0 Å². The number of benzene rings is 1. The van der Waals surface area contributed by atoms with E-state index in [1.54, 1.807) is 0 Å². The van der Waals surface area contributed by atoms with Gasteiger partial charge in [0.15, 0.2) is 0 Å². The first-order chi connectivity index (χ1) is 7.85. The number of carbonyl (C=O) groups is 1. The number of aryl methyl sites for hydroxylation is 2. The van der Waals surface area contributed by atoms with Gasteiger partial charge in [0.05, 0.1) is 0 Å². The molecule has 3 N–H and O–H groups in total. The third-order valence-electron chi connectivity index (χ3n) is 2.85. The Morgan fingerprint density at radius 1 is 1.35 bits per heavy atom. The van der Waals surface area contributed by atoms with Crippen LogP contribution in [0.15, 0.2) is 18.2 Å². The van der Waals surface area contributed by atoms with E-state index in [4.69, 9.17) is 5.73 Å². The lowest BCUT2D eigenvalue weighted by Crippen LogP contribution is -2.44. The fraction of sp³-hybridized carbons (Fsp3) is 0.500. The average molecular weight is 234 g/mol. The molecule has 0 aliphatic heterocycles. The summed E-state index contributed by atoms with van der Waals surface area (Å²) in [7, 11) is 0. The Hall–Kier alpha value is -1.35. The van der Waals surface area contributed by atoms with Gasteiger partial charge in [-0.15, -0.1) is 0 Å². The summed E-state index contributed by atoms with van der Waals surface area (Å²) in [6, 6.07) is 5.85. The van der Waals surface area contributed by atoms with Gasteiger partial charge in [-0.2, -0.15) is 0 Å². The molecule has 1 rings (SSSR count). The molecule has 0 saturated carbocycles. The highest BCUT2D eigenvalue weighted by molar-refractivity contribution is 5.96. The number of nitrogens with two attached hydrogens (primary N) is 1. The second-order valence-corrected chi connectivity index (χ2v) is 5.20. The fourth-order valence-corrected chi connectivity index (χ4v) is 1.87. The molecule has 17 heavy (non-hydrogen) atoms. The Morgan fingerprint density at radius 2 is 2.00 bits per heavy atom. The minimum Gasteiger partial charge on any atom is -0.347 e. The van der Waals surface area contributed by atoms with Crippen LogP contribution in [0.1, 0.15) is 41.8 Å². The monoisotopic (exact) mass is 234 g/mol. The Labute approximate surface area is 103 Å². The molecule has 0 bridgehead atoms. The van der Waals surface area contributed by atoms with Crippen molar-refractivity contribution in [2.45, 2.75) is 39.7 Å². The van der Waals surface area contributed by atoms with Crippen molar-refractivity contribution in [3.05, 3.63) is 34.9 Å². The first kappa shape index (κ1) is 13.7. The van der Waals surface area contributed by atoms with Crippen molar-refractivity contribution in [2.24, 2.45) is 5.73 Å². The molecule has 0 aliphatic rings. The normalized spacial score (nSPS) is 11.4. The molecule has 3 heteroatoms. The van der Waals surface area contributed by atoms with E-state index >= 15 is 0 Å². The molecule has 1 amide bonds. The maximum atomic E-state index is 12.1. The predicted octanol–water partition coefficient (Wildman–Crippen LogP) is 2.16. The Kier molecular flexibility index (Phi) is 4.29. The van der Waals surface area contributed by atoms with E-state index < -0.39 is 0 Å². The molecule has 0 aromatic heterocycles. The summed E-state index contributed by atoms with van der Waals surface area (Å²) in [6.07, 6.45) is 0.768. The number of amides is 1. The molecule has 1 aromatic carbocycles. The number of hydrogen-bond acceptors (Lipinski definition) is 2. The third-order valence-corrected chi connectivity index (χ3v) is 2.85. The standard InChI is InChI=1S/C14H22N2O/c1-10-5-6-12(11(2)9-10)13(17)16-14(3,4)7-8-15/h5-6,9H,7-8,15H2,1-4H3,(H,16,17). The summed E-state index contributed by atoms with van der Waals surface area (Å²) in [5.41, 5.74) is 8.18. The summed E-state index contributed by atoms with van der Waals surface area (Å²) >= 11 is 0. The lowest BCUT2D eigenvalue weighted by molar-refractivity contribution is 0.0910. The molecule has 0 heterocycles. The van der Waals surface area contributed by atoms with E-state index in [0.29, 0.717) is 6.54 Å². The second kappa shape index (κ2) is 5.32. The Morgan fingerprint density at radius 3 is 2.53 bits per heavy atom. The van der Waals surface area contributed by atoms with E-state index in [0.717, 1.165) is 17.5 Å². The number of rotatable bonds is 4. The van der Waals surface area contributed by atoms with Gasteiger partial charge in [-0.05, 0) is 52.3 Å². The van der Waals surface area contributed by atoms with Gasteiger partial charge in [-0.25, -0.2) is 0 Å². The van der Waals surface area contributed by atoms with E-state index in [-0.39, 0.29) is 11.4 Å². The molecule has 0 radical (unpaired) electrons. The van der Waals surface area contributed by atoms with Crippen molar-refractivity contribution in [1.29, 1.82) is 0 Å². The highest BCUT2D eigenvalue weighted by Crippen LogP contribution is 2.13. The van der Waals surface area contributed by atoms with Crippen LogP contribution in [0.4, 0.5) is 0 Å². The van der Waals surface area contributed by atoms with E-state index in [9.17, 15) is 4.79 Å². The third kappa shape index (κ3) is 3.86. The largest absolute Gasteiger partial charge is 0.347 e. The van der Waals surface area contributed by atoms with Crippen molar-refractivity contribution in [2.75, 3.05) is 6.54 Å². The molecular weight excluding hydrogens is 212 g/mol. The first-order valence-corrected chi connectivity index (χ1v) is 5.95. The lowest BCUT2D eigenvalue weighted by atomic mass is 9.98. The molecule has 3 nitrogen and oxygen atoms in total. The highest BCUT2D eigenvalue weighted by atomic mass is 16.1. The zero-order valence-corrected chi connectivity index (χ0v) is 11.1. The van der Waals surface area contributed by atoms with Gasteiger partial charge in [0, 0.05) is 11.1 Å². The minimum absolute atomic E-state index is 0.0269. The average Bonchev–Trinajstić information content (AvgIpc) is 2.15. The SMILES string of the molecule is Cc1ccc(C(=O)NC(C)(C)CCN)c(C)c1. The summed E-state index contributed by atoms with van der Waals surface area (Å²) in [5.74, 6) is -0.0269. The smallest absolute Gasteiger partial charge is 0.251 e. The van der Waals surface area contributed by atoms with Crippen molar-refractivity contribution in [3.8, 4) is 0 Å². The van der Waals surface area contributed by atoms with Crippen LogP contribution in [0.5, 0.6) is 0 Å². The van der Waals surface area contributed by atoms with Gasteiger partial charge < -0.3 is 11.1 Å². The summed E-state index contributed by atoms with van der Waals surface area (Å²) < 4.78 is 0. The molecule has 0 fully saturated rings. The lowest BCUT2D eigenvalue weighted by Gasteiger charge is -2.26. The zero-order chi connectivity index (χ0) is 13.1. The summed E-state index contributed by atoms with van der Waals surface area (Å²) in [6.45, 7) is 8.52. The number of nitrogens with one attached hydrogen (secondary N) is 1. The maximum absolute atomic E-state index is 12.1. The molecule has 0 unspecified atom stereocenters. The van der Waals surface area contributed by atoms with E-state index in [1.165, 1.54) is 5.56 Å². The van der Waals surface area contributed by atoms with Gasteiger partial charge in [0.2, 0.25) is 0 Å². The molecule has 1 aromatic rings. The molecule has 0 spiro atoms. The fourth-order valence-electron chi connectivity index (χ4n) is 1.87. The molecule has 0 saturated heterocycles. The Bertz CT molecular complexity index is 411. The van der Waals surface area contributed by atoms with E-state index in [1.807, 2.05) is 45.9 Å². The van der Waals surface area contributed by atoms with Gasteiger partial charge in [-0.3, -0.25) is 4.79 Å². The van der Waals surface area contributed by atoms with Crippen LogP contribution in [0.25, 0.3) is 0 Å². The van der Waals surface area contributed by atoms with Gasteiger partial charge >= 0.3 is 0 Å². The Balaban J connectivity index is 2.83. The first-order valence-electron chi connectivity index (χ1n) is 5.95.